The molecule has 0 spiro atoms. The molecule has 0 aliphatic carbocycles. The molecule has 1 atom stereocenters. The summed E-state index contributed by atoms with van der Waals surface area (Å²) in [5.74, 6) is 0.0864. The molecule has 8 heteroatoms. The minimum Gasteiger partial charge on any atom is -0.486 e. The zero-order valence-electron chi connectivity index (χ0n) is 16.9. The van der Waals surface area contributed by atoms with Gasteiger partial charge in [0.25, 0.3) is 5.56 Å². The van der Waals surface area contributed by atoms with Gasteiger partial charge in [0.05, 0.1) is 24.1 Å². The third-order valence-corrected chi connectivity index (χ3v) is 4.67. The van der Waals surface area contributed by atoms with E-state index in [9.17, 15) is 14.7 Å². The predicted octanol–water partition coefficient (Wildman–Crippen LogP) is 2.17. The topological polar surface area (TPSA) is 99.9 Å². The fourth-order valence-corrected chi connectivity index (χ4v) is 2.97. The van der Waals surface area contributed by atoms with E-state index in [0.717, 1.165) is 5.56 Å². The van der Waals surface area contributed by atoms with Crippen LogP contribution in [0.25, 0.3) is 10.9 Å². The van der Waals surface area contributed by atoms with Crippen LogP contribution in [0.15, 0.2) is 53.3 Å². The molecular formula is C22H24N2O6. The molecule has 0 aliphatic rings. The van der Waals surface area contributed by atoms with Gasteiger partial charge in [-0.1, -0.05) is 24.3 Å². The zero-order chi connectivity index (χ0) is 21.5. The van der Waals surface area contributed by atoms with Crippen molar-refractivity contribution in [1.82, 2.24) is 9.55 Å². The SMILES string of the molecule is COCCOC(Cc1ccc(OCc2nc3ccccc3c(=O)n2C)cc1)C(=O)O. The van der Waals surface area contributed by atoms with Crippen LogP contribution in [0.4, 0.5) is 0 Å². The van der Waals surface area contributed by atoms with Crippen molar-refractivity contribution in [3.05, 3.63) is 70.3 Å². The van der Waals surface area contributed by atoms with Crippen LogP contribution in [-0.4, -0.2) is 47.1 Å². The highest BCUT2D eigenvalue weighted by molar-refractivity contribution is 5.77. The average molecular weight is 412 g/mol. The van der Waals surface area contributed by atoms with Crippen LogP contribution in [-0.2, 0) is 34.3 Å². The first-order chi connectivity index (χ1) is 14.5. The number of carboxylic acid groups (broad SMARTS) is 1. The van der Waals surface area contributed by atoms with E-state index in [0.29, 0.717) is 29.1 Å². The molecular weight excluding hydrogens is 388 g/mol. The van der Waals surface area contributed by atoms with E-state index in [2.05, 4.69) is 4.98 Å². The quantitative estimate of drug-likeness (QED) is 0.510. The third kappa shape index (κ3) is 5.22. The fourth-order valence-electron chi connectivity index (χ4n) is 2.97. The Morgan fingerprint density at radius 2 is 1.87 bits per heavy atom. The number of ether oxygens (including phenoxy) is 3. The molecule has 158 valence electrons. The Hall–Kier alpha value is -3.23. The number of hydrogen-bond acceptors (Lipinski definition) is 6. The summed E-state index contributed by atoms with van der Waals surface area (Å²) in [6.07, 6.45) is -0.705. The van der Waals surface area contributed by atoms with Gasteiger partial charge in [-0.3, -0.25) is 9.36 Å². The minimum atomic E-state index is -1.02. The van der Waals surface area contributed by atoms with E-state index in [-0.39, 0.29) is 25.2 Å². The standard InChI is InChI=1S/C22H24N2O6/c1-24-20(23-18-6-4-3-5-17(18)21(24)25)14-30-16-9-7-15(8-10-16)13-19(22(26)27)29-12-11-28-2/h3-10,19H,11-14H2,1-2H3,(H,26,27). The number of rotatable bonds is 10. The Kier molecular flexibility index (Phi) is 7.16. The van der Waals surface area contributed by atoms with Gasteiger partial charge >= 0.3 is 5.97 Å². The number of methoxy groups -OCH3 is 1. The maximum atomic E-state index is 12.5. The summed E-state index contributed by atoms with van der Waals surface area (Å²) in [7, 11) is 3.20. The molecule has 30 heavy (non-hydrogen) atoms. The third-order valence-electron chi connectivity index (χ3n) is 4.67. The molecule has 1 heterocycles. The van der Waals surface area contributed by atoms with E-state index in [1.54, 1.807) is 49.5 Å². The van der Waals surface area contributed by atoms with E-state index in [1.807, 2.05) is 6.07 Å². The summed E-state index contributed by atoms with van der Waals surface area (Å²) in [4.78, 5) is 28.3. The fraction of sp³-hybridized carbons (Fsp3) is 0.318. The van der Waals surface area contributed by atoms with Crippen LogP contribution in [0.3, 0.4) is 0 Å². The van der Waals surface area contributed by atoms with E-state index >= 15 is 0 Å². The summed E-state index contributed by atoms with van der Waals surface area (Å²) in [6.45, 7) is 0.682. The lowest BCUT2D eigenvalue weighted by Crippen LogP contribution is -2.27. The second-order valence-electron chi connectivity index (χ2n) is 6.74. The maximum Gasteiger partial charge on any atom is 0.333 e. The van der Waals surface area contributed by atoms with E-state index < -0.39 is 12.1 Å². The van der Waals surface area contributed by atoms with Crippen molar-refractivity contribution in [2.45, 2.75) is 19.1 Å². The van der Waals surface area contributed by atoms with Crippen LogP contribution in [0.2, 0.25) is 0 Å². The maximum absolute atomic E-state index is 12.5. The molecule has 3 aromatic rings. The van der Waals surface area contributed by atoms with Crippen LogP contribution < -0.4 is 10.3 Å². The molecule has 1 N–H and O–H groups in total. The Morgan fingerprint density at radius 3 is 2.57 bits per heavy atom. The van der Waals surface area contributed by atoms with E-state index in [1.165, 1.54) is 11.7 Å². The van der Waals surface area contributed by atoms with E-state index in [4.69, 9.17) is 14.2 Å². The first-order valence-corrected chi connectivity index (χ1v) is 9.49. The molecule has 3 rings (SSSR count). The first-order valence-electron chi connectivity index (χ1n) is 9.49. The number of benzene rings is 2. The van der Waals surface area contributed by atoms with Gasteiger partial charge in [0.1, 0.15) is 18.2 Å². The summed E-state index contributed by atoms with van der Waals surface area (Å²) in [6, 6.07) is 14.3. The highest BCUT2D eigenvalue weighted by atomic mass is 16.5. The van der Waals surface area contributed by atoms with Gasteiger partial charge in [0.15, 0.2) is 6.10 Å². The number of hydrogen-bond donors (Lipinski definition) is 1. The number of para-hydroxylation sites is 1. The number of fused-ring (bicyclic) bond motifs is 1. The number of nitrogens with zero attached hydrogens (tertiary/aromatic N) is 2. The second-order valence-corrected chi connectivity index (χ2v) is 6.74. The van der Waals surface area contributed by atoms with Gasteiger partial charge in [-0.15, -0.1) is 0 Å². The van der Waals surface area contributed by atoms with Crippen molar-refractivity contribution in [3.63, 3.8) is 0 Å². The van der Waals surface area contributed by atoms with Crippen molar-refractivity contribution in [3.8, 4) is 5.75 Å². The summed E-state index contributed by atoms with van der Waals surface area (Å²) >= 11 is 0. The van der Waals surface area contributed by atoms with Crippen molar-refractivity contribution in [2.75, 3.05) is 20.3 Å². The molecule has 0 fully saturated rings. The van der Waals surface area contributed by atoms with Gasteiger partial charge in [-0.25, -0.2) is 9.78 Å². The van der Waals surface area contributed by atoms with Crippen LogP contribution in [0, 0.1) is 0 Å². The van der Waals surface area contributed by atoms with Crippen LogP contribution in [0.5, 0.6) is 5.75 Å². The summed E-state index contributed by atoms with van der Waals surface area (Å²) in [5.41, 5.74) is 1.31. The highest BCUT2D eigenvalue weighted by Gasteiger charge is 2.18. The lowest BCUT2D eigenvalue weighted by molar-refractivity contribution is -0.151. The van der Waals surface area contributed by atoms with Gasteiger partial charge < -0.3 is 19.3 Å². The van der Waals surface area contributed by atoms with Crippen molar-refractivity contribution >= 4 is 16.9 Å². The molecule has 0 amide bonds. The minimum absolute atomic E-state index is 0.122. The number of carbonyl (C=O) groups is 1. The zero-order valence-corrected chi connectivity index (χ0v) is 16.9. The normalized spacial score (nSPS) is 12.1. The summed E-state index contributed by atoms with van der Waals surface area (Å²) < 4.78 is 17.5. The number of carboxylic acids is 1. The molecule has 2 aromatic carbocycles. The predicted molar refractivity (Wildman–Crippen MR) is 111 cm³/mol. The monoisotopic (exact) mass is 412 g/mol. The number of aromatic nitrogens is 2. The van der Waals surface area contributed by atoms with Crippen LogP contribution >= 0.6 is 0 Å². The molecule has 1 aromatic heterocycles. The molecule has 0 saturated carbocycles. The van der Waals surface area contributed by atoms with Crippen molar-refractivity contribution in [2.24, 2.45) is 7.05 Å². The molecule has 0 radical (unpaired) electrons. The number of aliphatic carboxylic acids is 1. The smallest absolute Gasteiger partial charge is 0.333 e. The Bertz CT molecular complexity index is 1060. The van der Waals surface area contributed by atoms with Gasteiger partial charge in [0, 0.05) is 20.6 Å². The van der Waals surface area contributed by atoms with Gasteiger partial charge in [0.2, 0.25) is 0 Å². The van der Waals surface area contributed by atoms with Gasteiger partial charge in [-0.2, -0.15) is 0 Å². The Morgan fingerprint density at radius 1 is 1.13 bits per heavy atom. The molecule has 0 bridgehead atoms. The molecule has 1 unspecified atom stereocenters. The molecule has 0 saturated heterocycles. The Labute approximate surface area is 173 Å². The Balaban J connectivity index is 1.65. The largest absolute Gasteiger partial charge is 0.486 e. The lowest BCUT2D eigenvalue weighted by Gasteiger charge is -2.14. The molecule has 8 nitrogen and oxygen atoms in total. The highest BCUT2D eigenvalue weighted by Crippen LogP contribution is 2.16. The first kappa shape index (κ1) is 21.5. The average Bonchev–Trinajstić information content (AvgIpc) is 2.75. The summed E-state index contributed by atoms with van der Waals surface area (Å²) in [5, 5.41) is 9.86. The van der Waals surface area contributed by atoms with Gasteiger partial charge in [-0.05, 0) is 29.8 Å². The van der Waals surface area contributed by atoms with Crippen molar-refractivity contribution in [1.29, 1.82) is 0 Å². The second kappa shape index (κ2) is 10.00. The van der Waals surface area contributed by atoms with Crippen molar-refractivity contribution < 1.29 is 24.1 Å². The lowest BCUT2D eigenvalue weighted by atomic mass is 10.1. The van der Waals surface area contributed by atoms with Crippen LogP contribution in [0.1, 0.15) is 11.4 Å². The molecule has 0 aliphatic heterocycles.